The van der Waals surface area contributed by atoms with Gasteiger partial charge in [-0.05, 0) is 31.4 Å². The first-order chi connectivity index (χ1) is 6.77. The van der Waals surface area contributed by atoms with Crippen molar-refractivity contribution in [3.63, 3.8) is 0 Å². The number of phenolic OH excluding ortho intramolecular Hbond substituents is 2. The second-order valence-corrected chi connectivity index (χ2v) is 3.72. The predicted molar refractivity (Wildman–Crippen MR) is 55.8 cm³/mol. The number of hydrogen-bond donors (Lipinski definition) is 2. The molecule has 1 saturated heterocycles. The number of piperidine rings is 1. The van der Waals surface area contributed by atoms with Gasteiger partial charge in [0.1, 0.15) is 11.5 Å². The molecule has 14 heavy (non-hydrogen) atoms. The number of benzene rings is 1. The van der Waals surface area contributed by atoms with Crippen molar-refractivity contribution in [1.82, 2.24) is 0 Å². The van der Waals surface area contributed by atoms with Gasteiger partial charge in [0.2, 0.25) is 0 Å². The molecule has 1 aromatic carbocycles. The molecule has 1 aliphatic rings. The Kier molecular flexibility index (Phi) is 2.48. The lowest BCUT2D eigenvalue weighted by atomic mass is 10.1. The maximum Gasteiger partial charge on any atom is 0.139 e. The minimum absolute atomic E-state index is 0.211. The summed E-state index contributed by atoms with van der Waals surface area (Å²) in [6.07, 6.45) is 3.58. The molecule has 0 spiro atoms. The molecule has 0 aromatic heterocycles. The highest BCUT2D eigenvalue weighted by atomic mass is 16.3. The standard InChI is InChI=1S/C11H15NO2/c13-9-4-5-11(14)10(8-9)12-6-2-1-3-7-12/h4-5,8,13-14H,1-3,6-7H2. The first kappa shape index (κ1) is 9.19. The lowest BCUT2D eigenvalue weighted by Gasteiger charge is -2.29. The Labute approximate surface area is 83.6 Å². The Bertz CT molecular complexity index is 319. The van der Waals surface area contributed by atoms with E-state index in [4.69, 9.17) is 0 Å². The van der Waals surface area contributed by atoms with Crippen molar-refractivity contribution in [1.29, 1.82) is 0 Å². The number of anilines is 1. The number of rotatable bonds is 1. The van der Waals surface area contributed by atoms with Crippen molar-refractivity contribution >= 4 is 5.69 Å². The van der Waals surface area contributed by atoms with Crippen LogP contribution in [0, 0.1) is 0 Å². The molecule has 1 heterocycles. The van der Waals surface area contributed by atoms with E-state index in [1.165, 1.54) is 12.5 Å². The highest BCUT2D eigenvalue weighted by Gasteiger charge is 2.14. The Morgan fingerprint density at radius 3 is 2.43 bits per heavy atom. The molecule has 0 aliphatic carbocycles. The third-order valence-corrected chi connectivity index (χ3v) is 2.66. The van der Waals surface area contributed by atoms with E-state index in [1.54, 1.807) is 12.1 Å². The summed E-state index contributed by atoms with van der Waals surface area (Å²) >= 11 is 0. The van der Waals surface area contributed by atoms with Crippen LogP contribution in [0.5, 0.6) is 11.5 Å². The van der Waals surface area contributed by atoms with Gasteiger partial charge in [-0.2, -0.15) is 0 Å². The lowest BCUT2D eigenvalue weighted by molar-refractivity contribution is 0.456. The fourth-order valence-electron chi connectivity index (χ4n) is 1.90. The third-order valence-electron chi connectivity index (χ3n) is 2.66. The summed E-state index contributed by atoms with van der Waals surface area (Å²) in [6, 6.07) is 4.67. The first-order valence-electron chi connectivity index (χ1n) is 5.04. The van der Waals surface area contributed by atoms with Crippen LogP contribution in [0.3, 0.4) is 0 Å². The molecule has 0 bridgehead atoms. The fraction of sp³-hybridized carbons (Fsp3) is 0.455. The number of nitrogens with zero attached hydrogens (tertiary/aromatic N) is 1. The van der Waals surface area contributed by atoms with Gasteiger partial charge in [0, 0.05) is 19.2 Å². The fourth-order valence-corrected chi connectivity index (χ4v) is 1.90. The van der Waals surface area contributed by atoms with E-state index < -0.39 is 0 Å². The van der Waals surface area contributed by atoms with E-state index in [1.807, 2.05) is 0 Å². The molecule has 1 fully saturated rings. The molecule has 0 saturated carbocycles. The van der Waals surface area contributed by atoms with Gasteiger partial charge < -0.3 is 15.1 Å². The van der Waals surface area contributed by atoms with E-state index >= 15 is 0 Å². The smallest absolute Gasteiger partial charge is 0.139 e. The van der Waals surface area contributed by atoms with E-state index in [9.17, 15) is 10.2 Å². The van der Waals surface area contributed by atoms with Crippen molar-refractivity contribution in [2.45, 2.75) is 19.3 Å². The monoisotopic (exact) mass is 193 g/mol. The number of aromatic hydroxyl groups is 2. The van der Waals surface area contributed by atoms with E-state index in [0.717, 1.165) is 31.6 Å². The van der Waals surface area contributed by atoms with Gasteiger partial charge >= 0.3 is 0 Å². The Hall–Kier alpha value is -1.38. The van der Waals surface area contributed by atoms with Crippen molar-refractivity contribution < 1.29 is 10.2 Å². The van der Waals surface area contributed by atoms with Crippen molar-refractivity contribution in [2.75, 3.05) is 18.0 Å². The zero-order valence-electron chi connectivity index (χ0n) is 8.11. The van der Waals surface area contributed by atoms with E-state index in [2.05, 4.69) is 4.90 Å². The summed E-state index contributed by atoms with van der Waals surface area (Å²) in [4.78, 5) is 2.12. The maximum atomic E-state index is 9.63. The lowest BCUT2D eigenvalue weighted by Crippen LogP contribution is -2.29. The van der Waals surface area contributed by atoms with Crippen LogP contribution in [0.1, 0.15) is 19.3 Å². The van der Waals surface area contributed by atoms with E-state index in [0.29, 0.717) is 0 Å². The molecule has 76 valence electrons. The van der Waals surface area contributed by atoms with Crippen LogP contribution < -0.4 is 4.90 Å². The maximum absolute atomic E-state index is 9.63. The second-order valence-electron chi connectivity index (χ2n) is 3.72. The molecule has 2 rings (SSSR count). The van der Waals surface area contributed by atoms with Crippen LogP contribution in [0.4, 0.5) is 5.69 Å². The van der Waals surface area contributed by atoms with Gasteiger partial charge in [-0.3, -0.25) is 0 Å². The van der Waals surface area contributed by atoms with Gasteiger partial charge in [-0.1, -0.05) is 0 Å². The van der Waals surface area contributed by atoms with Gasteiger partial charge in [0.15, 0.2) is 0 Å². The zero-order valence-corrected chi connectivity index (χ0v) is 8.11. The van der Waals surface area contributed by atoms with Crippen molar-refractivity contribution in [2.24, 2.45) is 0 Å². The average Bonchev–Trinajstić information content (AvgIpc) is 2.23. The van der Waals surface area contributed by atoms with Gasteiger partial charge in [0.05, 0.1) is 5.69 Å². The zero-order chi connectivity index (χ0) is 9.97. The normalized spacial score (nSPS) is 17.0. The summed E-state index contributed by atoms with van der Waals surface area (Å²) in [6.45, 7) is 1.94. The quantitative estimate of drug-likeness (QED) is 0.671. The van der Waals surface area contributed by atoms with E-state index in [-0.39, 0.29) is 11.5 Å². The SMILES string of the molecule is Oc1ccc(O)c(N2CCCCC2)c1. The number of hydrogen-bond acceptors (Lipinski definition) is 3. The molecule has 0 atom stereocenters. The molecule has 1 aromatic rings. The molecular weight excluding hydrogens is 178 g/mol. The molecule has 1 aliphatic heterocycles. The summed E-state index contributed by atoms with van der Waals surface area (Å²) < 4.78 is 0. The summed E-state index contributed by atoms with van der Waals surface area (Å²) in [5, 5.41) is 19.0. The Morgan fingerprint density at radius 1 is 1.00 bits per heavy atom. The molecule has 0 amide bonds. The average molecular weight is 193 g/mol. The van der Waals surface area contributed by atoms with Gasteiger partial charge in [0.25, 0.3) is 0 Å². The summed E-state index contributed by atoms with van der Waals surface area (Å²) in [5.41, 5.74) is 0.754. The van der Waals surface area contributed by atoms with Crippen LogP contribution in [0.15, 0.2) is 18.2 Å². The van der Waals surface area contributed by atoms with Crippen molar-refractivity contribution in [3.05, 3.63) is 18.2 Å². The van der Waals surface area contributed by atoms with Crippen molar-refractivity contribution in [3.8, 4) is 11.5 Å². The topological polar surface area (TPSA) is 43.7 Å². The van der Waals surface area contributed by atoms with Gasteiger partial charge in [-0.15, -0.1) is 0 Å². The molecule has 0 unspecified atom stereocenters. The minimum Gasteiger partial charge on any atom is -0.508 e. The predicted octanol–water partition coefficient (Wildman–Crippen LogP) is 2.09. The minimum atomic E-state index is 0.211. The third kappa shape index (κ3) is 1.76. The summed E-state index contributed by atoms with van der Waals surface area (Å²) in [7, 11) is 0. The van der Waals surface area contributed by atoms with Crippen LogP contribution in [0.25, 0.3) is 0 Å². The van der Waals surface area contributed by atoms with Crippen LogP contribution in [-0.4, -0.2) is 23.3 Å². The van der Waals surface area contributed by atoms with Crippen LogP contribution in [-0.2, 0) is 0 Å². The first-order valence-corrected chi connectivity index (χ1v) is 5.04. The molecule has 2 N–H and O–H groups in total. The highest BCUT2D eigenvalue weighted by molar-refractivity contribution is 5.60. The van der Waals surface area contributed by atoms with Gasteiger partial charge in [-0.25, -0.2) is 0 Å². The van der Waals surface area contributed by atoms with Crippen LogP contribution >= 0.6 is 0 Å². The largest absolute Gasteiger partial charge is 0.508 e. The molecule has 3 nitrogen and oxygen atoms in total. The molecule has 3 heteroatoms. The Balaban J connectivity index is 2.24. The van der Waals surface area contributed by atoms with Crippen LogP contribution in [0.2, 0.25) is 0 Å². The summed E-state index contributed by atoms with van der Waals surface area (Å²) in [5.74, 6) is 0.466. The second kappa shape index (κ2) is 3.78. The molecular formula is C11H15NO2. The highest BCUT2D eigenvalue weighted by Crippen LogP contribution is 2.32. The number of phenols is 2. The Morgan fingerprint density at radius 2 is 1.71 bits per heavy atom. The molecule has 0 radical (unpaired) electrons.